The van der Waals surface area contributed by atoms with Crippen molar-refractivity contribution in [3.8, 4) is 34.3 Å². The first kappa shape index (κ1) is 23.0. The molecule has 0 N–H and O–H groups in total. The standard InChI is InChI=1S/C26H27N3O5/c1-17(30)29(16-19-9-8-10-21(32-3)25(19)34-5)26-24(27-23-11-6-7-14-28(23)26)18-12-13-20(31-2)22(15-18)33-4/h6-15H,16H2,1-5H3. The molecule has 0 aliphatic heterocycles. The van der Waals surface area contributed by atoms with E-state index < -0.39 is 0 Å². The molecule has 0 radical (unpaired) electrons. The second-order valence-electron chi connectivity index (χ2n) is 7.54. The quantitative estimate of drug-likeness (QED) is 0.382. The molecular formula is C26H27N3O5. The molecule has 2 aromatic heterocycles. The van der Waals surface area contributed by atoms with Gasteiger partial charge in [0.1, 0.15) is 17.2 Å². The molecule has 2 aromatic carbocycles. The monoisotopic (exact) mass is 461 g/mol. The Morgan fingerprint density at radius 3 is 2.32 bits per heavy atom. The van der Waals surface area contributed by atoms with Crippen LogP contribution in [0.15, 0.2) is 60.8 Å². The number of carbonyl (C=O) groups excluding carboxylic acids is 1. The third-order valence-electron chi connectivity index (χ3n) is 5.61. The average molecular weight is 462 g/mol. The first-order valence-electron chi connectivity index (χ1n) is 10.7. The van der Waals surface area contributed by atoms with Crippen LogP contribution in [0.5, 0.6) is 23.0 Å². The minimum atomic E-state index is -0.141. The highest BCUT2D eigenvalue weighted by atomic mass is 16.5. The van der Waals surface area contributed by atoms with Crippen LogP contribution in [0.1, 0.15) is 12.5 Å². The fourth-order valence-corrected chi connectivity index (χ4v) is 4.00. The van der Waals surface area contributed by atoms with Gasteiger partial charge in [0, 0.05) is 24.2 Å². The molecule has 2 heterocycles. The molecule has 0 aliphatic carbocycles. The van der Waals surface area contributed by atoms with E-state index in [1.54, 1.807) is 33.3 Å². The number of aromatic nitrogens is 2. The van der Waals surface area contributed by atoms with Gasteiger partial charge in [0.2, 0.25) is 5.91 Å². The topological polar surface area (TPSA) is 74.5 Å². The molecule has 1 amide bonds. The van der Waals surface area contributed by atoms with Gasteiger partial charge in [-0.3, -0.25) is 14.1 Å². The number of methoxy groups -OCH3 is 4. The Kier molecular flexibility index (Phi) is 6.58. The summed E-state index contributed by atoms with van der Waals surface area (Å²) in [5.41, 5.74) is 2.96. The molecule has 176 valence electrons. The summed E-state index contributed by atoms with van der Waals surface area (Å²) in [5.74, 6) is 2.87. The van der Waals surface area contributed by atoms with Crippen LogP contribution in [-0.4, -0.2) is 43.7 Å². The number of anilines is 1. The molecule has 0 unspecified atom stereocenters. The van der Waals surface area contributed by atoms with Crippen LogP contribution in [0.3, 0.4) is 0 Å². The maximum atomic E-state index is 13.0. The molecule has 0 saturated carbocycles. The van der Waals surface area contributed by atoms with Gasteiger partial charge in [-0.05, 0) is 36.4 Å². The number of rotatable bonds is 8. The van der Waals surface area contributed by atoms with Crippen molar-refractivity contribution in [3.05, 3.63) is 66.4 Å². The number of benzene rings is 2. The number of imidazole rings is 1. The molecule has 0 atom stereocenters. The SMILES string of the molecule is COc1ccc(-c2nc3ccccn3c2N(Cc2cccc(OC)c2OC)C(C)=O)cc1OC. The van der Waals surface area contributed by atoms with Crippen LogP contribution < -0.4 is 23.8 Å². The van der Waals surface area contributed by atoms with E-state index in [0.29, 0.717) is 40.2 Å². The van der Waals surface area contributed by atoms with Crippen molar-refractivity contribution in [1.29, 1.82) is 0 Å². The van der Waals surface area contributed by atoms with E-state index in [1.165, 1.54) is 6.92 Å². The van der Waals surface area contributed by atoms with E-state index in [2.05, 4.69) is 0 Å². The van der Waals surface area contributed by atoms with Crippen LogP contribution in [-0.2, 0) is 11.3 Å². The lowest BCUT2D eigenvalue weighted by Crippen LogP contribution is -2.29. The van der Waals surface area contributed by atoms with Gasteiger partial charge in [-0.15, -0.1) is 0 Å². The van der Waals surface area contributed by atoms with Gasteiger partial charge in [-0.25, -0.2) is 4.98 Å². The average Bonchev–Trinajstić information content (AvgIpc) is 3.25. The molecule has 8 nitrogen and oxygen atoms in total. The molecule has 34 heavy (non-hydrogen) atoms. The lowest BCUT2D eigenvalue weighted by Gasteiger charge is -2.24. The fourth-order valence-electron chi connectivity index (χ4n) is 4.00. The molecule has 4 aromatic rings. The molecule has 4 rings (SSSR count). The van der Waals surface area contributed by atoms with Crippen molar-refractivity contribution in [1.82, 2.24) is 9.38 Å². The van der Waals surface area contributed by atoms with E-state index in [4.69, 9.17) is 23.9 Å². The highest BCUT2D eigenvalue weighted by Crippen LogP contribution is 2.39. The van der Waals surface area contributed by atoms with E-state index in [1.807, 2.05) is 65.2 Å². The van der Waals surface area contributed by atoms with Crippen LogP contribution in [0.4, 0.5) is 5.82 Å². The third kappa shape index (κ3) is 4.10. The summed E-state index contributed by atoms with van der Waals surface area (Å²) in [6.45, 7) is 1.80. The number of hydrogen-bond donors (Lipinski definition) is 0. The van der Waals surface area contributed by atoms with Gasteiger partial charge in [0.05, 0.1) is 35.0 Å². The van der Waals surface area contributed by atoms with E-state index >= 15 is 0 Å². The van der Waals surface area contributed by atoms with Gasteiger partial charge in [0.15, 0.2) is 23.0 Å². The van der Waals surface area contributed by atoms with Crippen molar-refractivity contribution in [3.63, 3.8) is 0 Å². The first-order chi connectivity index (χ1) is 16.5. The zero-order valence-electron chi connectivity index (χ0n) is 19.9. The van der Waals surface area contributed by atoms with Crippen molar-refractivity contribution in [2.24, 2.45) is 0 Å². The number of amides is 1. The highest BCUT2D eigenvalue weighted by Gasteiger charge is 2.25. The molecule has 0 saturated heterocycles. The fraction of sp³-hybridized carbons (Fsp3) is 0.231. The van der Waals surface area contributed by atoms with Crippen LogP contribution in [0.25, 0.3) is 16.9 Å². The highest BCUT2D eigenvalue weighted by molar-refractivity contribution is 5.95. The van der Waals surface area contributed by atoms with Crippen molar-refractivity contribution in [2.75, 3.05) is 33.3 Å². The van der Waals surface area contributed by atoms with Gasteiger partial charge in [-0.1, -0.05) is 18.2 Å². The van der Waals surface area contributed by atoms with Crippen molar-refractivity contribution >= 4 is 17.4 Å². The van der Waals surface area contributed by atoms with E-state index in [0.717, 1.165) is 11.1 Å². The maximum absolute atomic E-state index is 13.0. The second-order valence-corrected chi connectivity index (χ2v) is 7.54. The Bertz CT molecular complexity index is 1330. The summed E-state index contributed by atoms with van der Waals surface area (Å²) in [5, 5.41) is 0. The number of nitrogens with zero attached hydrogens (tertiary/aromatic N) is 3. The third-order valence-corrected chi connectivity index (χ3v) is 5.61. The van der Waals surface area contributed by atoms with E-state index in [9.17, 15) is 4.79 Å². The Hall–Kier alpha value is -4.20. The van der Waals surface area contributed by atoms with Gasteiger partial charge in [-0.2, -0.15) is 0 Å². The number of ether oxygens (including phenoxy) is 4. The Morgan fingerprint density at radius 2 is 1.65 bits per heavy atom. The van der Waals surface area contributed by atoms with Gasteiger partial charge < -0.3 is 18.9 Å². The molecule has 0 fully saturated rings. The first-order valence-corrected chi connectivity index (χ1v) is 10.7. The minimum absolute atomic E-state index is 0.141. The Morgan fingerprint density at radius 1 is 0.882 bits per heavy atom. The van der Waals surface area contributed by atoms with Crippen LogP contribution in [0, 0.1) is 0 Å². The summed E-state index contributed by atoms with van der Waals surface area (Å²) >= 11 is 0. The molecule has 8 heteroatoms. The predicted molar refractivity (Wildman–Crippen MR) is 130 cm³/mol. The summed E-state index contributed by atoms with van der Waals surface area (Å²) < 4.78 is 23.8. The predicted octanol–water partition coefficient (Wildman–Crippen LogP) is 4.59. The summed E-state index contributed by atoms with van der Waals surface area (Å²) in [6.07, 6.45) is 1.89. The van der Waals surface area contributed by atoms with Crippen molar-refractivity contribution in [2.45, 2.75) is 13.5 Å². The van der Waals surface area contributed by atoms with E-state index in [-0.39, 0.29) is 12.5 Å². The van der Waals surface area contributed by atoms with Crippen LogP contribution >= 0.6 is 0 Å². The lowest BCUT2D eigenvalue weighted by molar-refractivity contribution is -0.116. The second kappa shape index (κ2) is 9.74. The number of pyridine rings is 1. The summed E-state index contributed by atoms with van der Waals surface area (Å²) in [6, 6.07) is 16.9. The van der Waals surface area contributed by atoms with Crippen LogP contribution in [0.2, 0.25) is 0 Å². The zero-order chi connectivity index (χ0) is 24.2. The number of carbonyl (C=O) groups is 1. The number of fused-ring (bicyclic) bond motifs is 1. The molecule has 0 aliphatic rings. The smallest absolute Gasteiger partial charge is 0.225 e. The number of hydrogen-bond acceptors (Lipinski definition) is 6. The normalized spacial score (nSPS) is 10.7. The molecule has 0 bridgehead atoms. The Balaban J connectivity index is 1.91. The lowest BCUT2D eigenvalue weighted by atomic mass is 10.1. The minimum Gasteiger partial charge on any atom is -0.493 e. The molecular weight excluding hydrogens is 434 g/mol. The maximum Gasteiger partial charge on any atom is 0.225 e. The van der Waals surface area contributed by atoms with Gasteiger partial charge in [0.25, 0.3) is 0 Å². The van der Waals surface area contributed by atoms with Crippen molar-refractivity contribution < 1.29 is 23.7 Å². The van der Waals surface area contributed by atoms with Gasteiger partial charge >= 0.3 is 0 Å². The Labute approximate surface area is 198 Å². The number of para-hydroxylation sites is 1. The zero-order valence-corrected chi connectivity index (χ0v) is 19.9. The largest absolute Gasteiger partial charge is 0.493 e. The summed E-state index contributed by atoms with van der Waals surface area (Å²) in [7, 11) is 6.35. The molecule has 0 spiro atoms. The summed E-state index contributed by atoms with van der Waals surface area (Å²) in [4.78, 5) is 19.6.